The number of amides is 1. The minimum Gasteiger partial charge on any atom is -0.363 e. The third kappa shape index (κ3) is 4.49. The van der Waals surface area contributed by atoms with Gasteiger partial charge in [0.15, 0.2) is 11.6 Å². The molecule has 1 unspecified atom stereocenters. The average Bonchev–Trinajstić information content (AvgIpc) is 2.64. The van der Waals surface area contributed by atoms with Crippen LogP contribution in [0, 0.1) is 5.82 Å². The number of carbonyl (C=O) groups excluding carboxylic acids is 1. The first-order valence-corrected chi connectivity index (χ1v) is 8.66. The standard InChI is InChI=1S/C18H19ClFN5O/c1-2-16(26)25-8-4-7-14(11-25)22-17-15(20)10-21-18(24-17)23-13-6-3-5-12(19)9-13/h2-3,5-6,9-10,14H,1,4,7-8,11H2,(H2,21,22,23,24). The summed E-state index contributed by atoms with van der Waals surface area (Å²) in [6, 6.07) is 6.99. The fourth-order valence-corrected chi connectivity index (χ4v) is 3.03. The summed E-state index contributed by atoms with van der Waals surface area (Å²) in [6.45, 7) is 4.66. The van der Waals surface area contributed by atoms with Crippen LogP contribution in [0.4, 0.5) is 21.8 Å². The monoisotopic (exact) mass is 375 g/mol. The van der Waals surface area contributed by atoms with Gasteiger partial charge in [0.05, 0.1) is 6.20 Å². The Morgan fingerprint density at radius 1 is 1.46 bits per heavy atom. The maximum Gasteiger partial charge on any atom is 0.246 e. The Balaban J connectivity index is 1.71. The third-order valence-corrected chi connectivity index (χ3v) is 4.31. The number of likely N-dealkylation sites (tertiary alicyclic amines) is 1. The molecule has 8 heteroatoms. The molecule has 1 amide bonds. The van der Waals surface area contributed by atoms with Gasteiger partial charge in [-0.05, 0) is 37.1 Å². The van der Waals surface area contributed by atoms with E-state index in [0.29, 0.717) is 23.8 Å². The summed E-state index contributed by atoms with van der Waals surface area (Å²) in [5, 5.41) is 6.64. The van der Waals surface area contributed by atoms with Gasteiger partial charge in [-0.15, -0.1) is 0 Å². The van der Waals surface area contributed by atoms with Crippen molar-refractivity contribution in [3.63, 3.8) is 0 Å². The molecule has 0 spiro atoms. The fraction of sp³-hybridized carbons (Fsp3) is 0.278. The normalized spacial score (nSPS) is 16.8. The summed E-state index contributed by atoms with van der Waals surface area (Å²) >= 11 is 5.96. The minimum absolute atomic E-state index is 0.0870. The van der Waals surface area contributed by atoms with Gasteiger partial charge in [0.25, 0.3) is 0 Å². The number of hydrogen-bond donors (Lipinski definition) is 2. The molecule has 136 valence electrons. The third-order valence-electron chi connectivity index (χ3n) is 4.07. The second-order valence-electron chi connectivity index (χ2n) is 6.00. The molecule has 1 aromatic heterocycles. The summed E-state index contributed by atoms with van der Waals surface area (Å²) in [5.74, 6) is -0.315. The largest absolute Gasteiger partial charge is 0.363 e. The number of nitrogens with one attached hydrogen (secondary N) is 2. The molecule has 0 saturated carbocycles. The van der Waals surface area contributed by atoms with Gasteiger partial charge >= 0.3 is 0 Å². The minimum atomic E-state index is -0.547. The molecule has 1 fully saturated rings. The Morgan fingerprint density at radius 3 is 3.08 bits per heavy atom. The predicted octanol–water partition coefficient (Wildman–Crippen LogP) is 3.60. The first-order valence-electron chi connectivity index (χ1n) is 8.28. The van der Waals surface area contributed by atoms with Crippen molar-refractivity contribution in [1.82, 2.24) is 14.9 Å². The summed E-state index contributed by atoms with van der Waals surface area (Å²) < 4.78 is 14.1. The van der Waals surface area contributed by atoms with E-state index in [9.17, 15) is 9.18 Å². The Bertz CT molecular complexity index is 816. The van der Waals surface area contributed by atoms with Crippen molar-refractivity contribution in [2.24, 2.45) is 0 Å². The van der Waals surface area contributed by atoms with Gasteiger partial charge in [-0.3, -0.25) is 4.79 Å². The van der Waals surface area contributed by atoms with Crippen LogP contribution in [0.25, 0.3) is 0 Å². The number of nitrogens with zero attached hydrogens (tertiary/aromatic N) is 3. The van der Waals surface area contributed by atoms with Crippen LogP contribution < -0.4 is 10.6 Å². The van der Waals surface area contributed by atoms with Crippen LogP contribution in [0.5, 0.6) is 0 Å². The molecule has 2 N–H and O–H groups in total. The highest BCUT2D eigenvalue weighted by atomic mass is 35.5. The highest BCUT2D eigenvalue weighted by Gasteiger charge is 2.23. The van der Waals surface area contributed by atoms with Crippen LogP contribution in [0.1, 0.15) is 12.8 Å². The van der Waals surface area contributed by atoms with Gasteiger partial charge in [0.2, 0.25) is 11.9 Å². The van der Waals surface area contributed by atoms with Gasteiger partial charge in [0.1, 0.15) is 0 Å². The zero-order valence-electron chi connectivity index (χ0n) is 14.1. The van der Waals surface area contributed by atoms with E-state index in [4.69, 9.17) is 11.6 Å². The van der Waals surface area contributed by atoms with E-state index in [0.717, 1.165) is 19.0 Å². The lowest BCUT2D eigenvalue weighted by Gasteiger charge is -2.32. The number of hydrogen-bond acceptors (Lipinski definition) is 5. The van der Waals surface area contributed by atoms with Gasteiger partial charge < -0.3 is 15.5 Å². The number of carbonyl (C=O) groups is 1. The van der Waals surface area contributed by atoms with E-state index in [1.165, 1.54) is 6.08 Å². The molecular formula is C18H19ClFN5O. The number of halogens is 2. The molecule has 0 bridgehead atoms. The molecular weight excluding hydrogens is 357 g/mol. The maximum atomic E-state index is 14.1. The van der Waals surface area contributed by atoms with E-state index >= 15 is 0 Å². The Hall–Kier alpha value is -2.67. The molecule has 26 heavy (non-hydrogen) atoms. The summed E-state index contributed by atoms with van der Waals surface area (Å²) in [4.78, 5) is 21.6. The molecule has 2 heterocycles. The summed E-state index contributed by atoms with van der Waals surface area (Å²) in [7, 11) is 0. The lowest BCUT2D eigenvalue weighted by Crippen LogP contribution is -2.44. The SMILES string of the molecule is C=CC(=O)N1CCCC(Nc2nc(Nc3cccc(Cl)c3)ncc2F)C1. The van der Waals surface area contributed by atoms with Crippen molar-refractivity contribution in [1.29, 1.82) is 0 Å². The lowest BCUT2D eigenvalue weighted by atomic mass is 10.1. The second-order valence-corrected chi connectivity index (χ2v) is 6.43. The van der Waals surface area contributed by atoms with Crippen molar-refractivity contribution < 1.29 is 9.18 Å². The van der Waals surface area contributed by atoms with E-state index in [-0.39, 0.29) is 23.7 Å². The lowest BCUT2D eigenvalue weighted by molar-refractivity contribution is -0.127. The highest BCUT2D eigenvalue weighted by Crippen LogP contribution is 2.21. The zero-order valence-corrected chi connectivity index (χ0v) is 14.8. The molecule has 0 aliphatic carbocycles. The maximum absolute atomic E-state index is 14.1. The molecule has 6 nitrogen and oxygen atoms in total. The van der Waals surface area contributed by atoms with Crippen molar-refractivity contribution in [2.75, 3.05) is 23.7 Å². The molecule has 1 saturated heterocycles. The van der Waals surface area contributed by atoms with Crippen molar-refractivity contribution in [3.8, 4) is 0 Å². The van der Waals surface area contributed by atoms with Gasteiger partial charge in [-0.2, -0.15) is 4.98 Å². The van der Waals surface area contributed by atoms with E-state index in [1.54, 1.807) is 23.1 Å². The number of anilines is 3. The van der Waals surface area contributed by atoms with Crippen LogP contribution in [-0.4, -0.2) is 39.9 Å². The smallest absolute Gasteiger partial charge is 0.246 e. The van der Waals surface area contributed by atoms with E-state index in [2.05, 4.69) is 27.2 Å². The first kappa shape index (κ1) is 18.1. The quantitative estimate of drug-likeness (QED) is 0.781. The van der Waals surface area contributed by atoms with E-state index in [1.807, 2.05) is 6.07 Å². The van der Waals surface area contributed by atoms with Gasteiger partial charge in [-0.1, -0.05) is 24.2 Å². The van der Waals surface area contributed by atoms with Crippen LogP contribution in [0.3, 0.4) is 0 Å². The van der Waals surface area contributed by atoms with Crippen LogP contribution in [-0.2, 0) is 4.79 Å². The number of rotatable bonds is 5. The van der Waals surface area contributed by atoms with Crippen LogP contribution in [0.15, 0.2) is 43.1 Å². The van der Waals surface area contributed by atoms with Crippen molar-refractivity contribution >= 4 is 35.0 Å². The van der Waals surface area contributed by atoms with E-state index < -0.39 is 5.82 Å². The Morgan fingerprint density at radius 2 is 2.31 bits per heavy atom. The molecule has 3 rings (SSSR count). The summed E-state index contributed by atoms with van der Waals surface area (Å²) in [5.41, 5.74) is 0.704. The average molecular weight is 376 g/mol. The topological polar surface area (TPSA) is 70.2 Å². The van der Waals surface area contributed by atoms with Crippen molar-refractivity contribution in [3.05, 3.63) is 54.0 Å². The van der Waals surface area contributed by atoms with Gasteiger partial charge in [0, 0.05) is 29.8 Å². The van der Waals surface area contributed by atoms with Crippen LogP contribution in [0.2, 0.25) is 5.02 Å². The van der Waals surface area contributed by atoms with Crippen molar-refractivity contribution in [2.45, 2.75) is 18.9 Å². The molecule has 1 aromatic carbocycles. The number of benzene rings is 1. The van der Waals surface area contributed by atoms with Gasteiger partial charge in [-0.25, -0.2) is 9.37 Å². The first-order chi connectivity index (χ1) is 12.5. The Kier molecular flexibility index (Phi) is 5.68. The van der Waals surface area contributed by atoms with Crippen LogP contribution >= 0.6 is 11.6 Å². The number of aromatic nitrogens is 2. The fourth-order valence-electron chi connectivity index (χ4n) is 2.84. The molecule has 1 aliphatic rings. The predicted molar refractivity (Wildman–Crippen MR) is 100 cm³/mol. The molecule has 1 aliphatic heterocycles. The second kappa shape index (κ2) is 8.14. The highest BCUT2D eigenvalue weighted by molar-refractivity contribution is 6.30. The Labute approximate surface area is 156 Å². The zero-order chi connectivity index (χ0) is 18.5. The molecule has 0 radical (unpaired) electrons. The molecule has 2 aromatic rings. The molecule has 1 atom stereocenters. The summed E-state index contributed by atoms with van der Waals surface area (Å²) in [6.07, 6.45) is 4.05. The number of piperidine rings is 1.